The zero-order valence-corrected chi connectivity index (χ0v) is 15.0. The number of carbonyl (C=O) groups excluding carboxylic acids is 2. The molecule has 2 amide bonds. The molecule has 1 aromatic carbocycles. The van der Waals surface area contributed by atoms with Crippen molar-refractivity contribution < 1.29 is 9.59 Å². The number of rotatable bonds is 3. The van der Waals surface area contributed by atoms with E-state index in [4.69, 9.17) is 0 Å². The highest BCUT2D eigenvalue weighted by Gasteiger charge is 2.53. The van der Waals surface area contributed by atoms with E-state index in [0.29, 0.717) is 6.54 Å². The number of carbonyl (C=O) groups is 2. The molecule has 0 bridgehead atoms. The van der Waals surface area contributed by atoms with Crippen molar-refractivity contribution in [3.05, 3.63) is 35.9 Å². The van der Waals surface area contributed by atoms with Crippen LogP contribution in [0.1, 0.15) is 50.5 Å². The summed E-state index contributed by atoms with van der Waals surface area (Å²) in [5.74, 6) is 0.527. The predicted molar refractivity (Wildman–Crippen MR) is 97.1 cm³/mol. The number of hydrogen-bond acceptors (Lipinski definition) is 2. The van der Waals surface area contributed by atoms with Gasteiger partial charge < -0.3 is 9.80 Å². The quantitative estimate of drug-likeness (QED) is 0.849. The fourth-order valence-corrected chi connectivity index (χ4v) is 4.55. The molecule has 0 spiro atoms. The lowest BCUT2D eigenvalue weighted by atomic mass is 9.90. The molecule has 3 aliphatic rings. The molecule has 2 saturated heterocycles. The molecule has 25 heavy (non-hydrogen) atoms. The molecule has 1 atom stereocenters. The van der Waals surface area contributed by atoms with Crippen molar-refractivity contribution in [2.75, 3.05) is 26.2 Å². The smallest absolute Gasteiger partial charge is 0.233 e. The van der Waals surface area contributed by atoms with Gasteiger partial charge in [-0.2, -0.15) is 0 Å². The third-order valence-electron chi connectivity index (χ3n) is 6.21. The van der Waals surface area contributed by atoms with Crippen LogP contribution in [0.15, 0.2) is 30.3 Å². The fraction of sp³-hybridized carbons (Fsp3) is 0.619. The maximum Gasteiger partial charge on any atom is 0.233 e. The van der Waals surface area contributed by atoms with Gasteiger partial charge in [-0.05, 0) is 50.5 Å². The van der Waals surface area contributed by atoms with E-state index in [0.717, 1.165) is 63.7 Å². The second-order valence-electron chi connectivity index (χ2n) is 7.92. The van der Waals surface area contributed by atoms with Crippen LogP contribution in [-0.4, -0.2) is 47.8 Å². The van der Waals surface area contributed by atoms with Crippen molar-refractivity contribution >= 4 is 11.8 Å². The lowest BCUT2D eigenvalue weighted by Gasteiger charge is -2.37. The summed E-state index contributed by atoms with van der Waals surface area (Å²) in [7, 11) is 0. The lowest BCUT2D eigenvalue weighted by molar-refractivity contribution is -0.142. The van der Waals surface area contributed by atoms with Gasteiger partial charge in [-0.3, -0.25) is 9.59 Å². The van der Waals surface area contributed by atoms with Crippen LogP contribution in [0.5, 0.6) is 0 Å². The van der Waals surface area contributed by atoms with Crippen LogP contribution < -0.4 is 0 Å². The van der Waals surface area contributed by atoms with E-state index >= 15 is 0 Å². The van der Waals surface area contributed by atoms with Gasteiger partial charge in [0.1, 0.15) is 0 Å². The maximum absolute atomic E-state index is 13.2. The van der Waals surface area contributed by atoms with E-state index in [-0.39, 0.29) is 23.1 Å². The number of amides is 2. The average Bonchev–Trinajstić information content (AvgIpc) is 3.50. The van der Waals surface area contributed by atoms with Gasteiger partial charge in [-0.25, -0.2) is 0 Å². The topological polar surface area (TPSA) is 40.6 Å². The van der Waals surface area contributed by atoms with Crippen molar-refractivity contribution in [2.24, 2.45) is 5.92 Å². The molecule has 4 nitrogen and oxygen atoms in total. The van der Waals surface area contributed by atoms with E-state index in [1.807, 2.05) is 28.0 Å². The molecule has 0 aromatic heterocycles. The molecule has 1 aromatic rings. The monoisotopic (exact) mass is 340 g/mol. The standard InChI is InChI=1S/C21H28N2O2/c24-19(22-13-5-2-6-14-22)17-8-7-15-23(16-17)20(25)21(11-12-21)18-9-3-1-4-10-18/h1,3-4,9-10,17H,2,5-8,11-16H2/t17-/m1/s1. The van der Waals surface area contributed by atoms with Gasteiger partial charge in [0.25, 0.3) is 0 Å². The van der Waals surface area contributed by atoms with Crippen molar-refractivity contribution in [2.45, 2.75) is 50.4 Å². The minimum Gasteiger partial charge on any atom is -0.342 e. The zero-order valence-electron chi connectivity index (χ0n) is 15.0. The Morgan fingerprint density at radius 2 is 1.56 bits per heavy atom. The van der Waals surface area contributed by atoms with Crippen molar-refractivity contribution in [3.63, 3.8) is 0 Å². The first-order valence-electron chi connectivity index (χ1n) is 9.84. The molecule has 0 N–H and O–H groups in total. The number of piperidine rings is 2. The van der Waals surface area contributed by atoms with Crippen LogP contribution >= 0.6 is 0 Å². The molecular weight excluding hydrogens is 312 g/mol. The van der Waals surface area contributed by atoms with Gasteiger partial charge in [-0.1, -0.05) is 30.3 Å². The highest BCUT2D eigenvalue weighted by Crippen LogP contribution is 2.50. The van der Waals surface area contributed by atoms with Crippen LogP contribution in [0.4, 0.5) is 0 Å². The van der Waals surface area contributed by atoms with Crippen LogP contribution in [0.2, 0.25) is 0 Å². The first-order chi connectivity index (χ1) is 12.2. The first-order valence-corrected chi connectivity index (χ1v) is 9.84. The maximum atomic E-state index is 13.2. The van der Waals surface area contributed by atoms with E-state index < -0.39 is 0 Å². The number of hydrogen-bond donors (Lipinski definition) is 0. The third kappa shape index (κ3) is 3.19. The lowest BCUT2D eigenvalue weighted by Crippen LogP contribution is -2.50. The normalized spacial score (nSPS) is 25.5. The van der Waals surface area contributed by atoms with Gasteiger partial charge in [0.05, 0.1) is 11.3 Å². The van der Waals surface area contributed by atoms with Gasteiger partial charge in [0.15, 0.2) is 0 Å². The Morgan fingerprint density at radius 3 is 2.24 bits per heavy atom. The highest BCUT2D eigenvalue weighted by atomic mass is 16.2. The van der Waals surface area contributed by atoms with Crippen molar-refractivity contribution in [1.29, 1.82) is 0 Å². The summed E-state index contributed by atoms with van der Waals surface area (Å²) in [6.45, 7) is 3.22. The summed E-state index contributed by atoms with van der Waals surface area (Å²) in [5.41, 5.74) is 0.835. The number of likely N-dealkylation sites (tertiary alicyclic amines) is 2. The average molecular weight is 340 g/mol. The molecule has 2 heterocycles. The molecule has 1 saturated carbocycles. The Kier molecular flexibility index (Phi) is 4.53. The summed E-state index contributed by atoms with van der Waals surface area (Å²) < 4.78 is 0. The van der Waals surface area contributed by atoms with Crippen LogP contribution in [0.25, 0.3) is 0 Å². The second kappa shape index (κ2) is 6.81. The highest BCUT2D eigenvalue weighted by molar-refractivity contribution is 5.92. The van der Waals surface area contributed by atoms with Gasteiger partial charge in [0, 0.05) is 26.2 Å². The van der Waals surface area contributed by atoms with Crippen LogP contribution in [0.3, 0.4) is 0 Å². The number of benzene rings is 1. The number of nitrogens with zero attached hydrogens (tertiary/aromatic N) is 2. The summed E-state index contributed by atoms with van der Waals surface area (Å²) in [6, 6.07) is 10.2. The minimum absolute atomic E-state index is 0.00220. The second-order valence-corrected chi connectivity index (χ2v) is 7.92. The Hall–Kier alpha value is -1.84. The first kappa shape index (κ1) is 16.6. The molecule has 2 aliphatic heterocycles. The predicted octanol–water partition coefficient (Wildman–Crippen LogP) is 2.97. The summed E-state index contributed by atoms with van der Waals surface area (Å²) >= 11 is 0. The molecule has 1 aliphatic carbocycles. The van der Waals surface area contributed by atoms with Crippen LogP contribution in [0, 0.1) is 5.92 Å². The summed E-state index contributed by atoms with van der Waals surface area (Å²) in [4.78, 5) is 30.1. The van der Waals surface area contributed by atoms with E-state index in [1.165, 1.54) is 6.42 Å². The molecular formula is C21H28N2O2. The molecule has 0 unspecified atom stereocenters. The van der Waals surface area contributed by atoms with Crippen LogP contribution in [-0.2, 0) is 15.0 Å². The van der Waals surface area contributed by atoms with Gasteiger partial charge in [-0.15, -0.1) is 0 Å². The molecule has 0 radical (unpaired) electrons. The molecule has 3 fully saturated rings. The summed E-state index contributed by atoms with van der Waals surface area (Å²) in [5, 5.41) is 0. The molecule has 134 valence electrons. The Labute approximate surface area is 150 Å². The minimum atomic E-state index is -0.308. The van der Waals surface area contributed by atoms with Crippen molar-refractivity contribution in [1.82, 2.24) is 9.80 Å². The Bertz CT molecular complexity index is 633. The zero-order chi connectivity index (χ0) is 17.3. The third-order valence-corrected chi connectivity index (χ3v) is 6.21. The van der Waals surface area contributed by atoms with E-state index in [1.54, 1.807) is 0 Å². The van der Waals surface area contributed by atoms with E-state index in [2.05, 4.69) is 12.1 Å². The SMILES string of the molecule is O=C([C@@H]1CCCN(C(=O)C2(c3ccccc3)CC2)C1)N1CCCCC1. The van der Waals surface area contributed by atoms with Crippen molar-refractivity contribution in [3.8, 4) is 0 Å². The Balaban J connectivity index is 1.44. The fourth-order valence-electron chi connectivity index (χ4n) is 4.55. The van der Waals surface area contributed by atoms with E-state index in [9.17, 15) is 9.59 Å². The molecule has 4 heteroatoms. The summed E-state index contributed by atoms with van der Waals surface area (Å²) in [6.07, 6.45) is 7.24. The van der Waals surface area contributed by atoms with Gasteiger partial charge >= 0.3 is 0 Å². The molecule has 4 rings (SSSR count). The Morgan fingerprint density at radius 1 is 0.880 bits per heavy atom. The van der Waals surface area contributed by atoms with Gasteiger partial charge in [0.2, 0.25) is 11.8 Å². The largest absolute Gasteiger partial charge is 0.342 e.